The molecule has 2 aromatic heterocycles. The summed E-state index contributed by atoms with van der Waals surface area (Å²) in [5.74, 6) is -0.242. The number of hydrogen-bond donors (Lipinski definition) is 1. The van der Waals surface area contributed by atoms with E-state index in [-0.39, 0.29) is 18.0 Å². The Morgan fingerprint density at radius 2 is 1.88 bits per heavy atom. The Labute approximate surface area is 145 Å². The molecule has 6 heteroatoms. The Morgan fingerprint density at radius 3 is 2.64 bits per heavy atom. The molecular formula is C19H18N4O2. The lowest BCUT2D eigenvalue weighted by Crippen LogP contribution is -2.34. The van der Waals surface area contributed by atoms with Gasteiger partial charge in [-0.15, -0.1) is 0 Å². The minimum absolute atomic E-state index is 0.109. The van der Waals surface area contributed by atoms with Gasteiger partial charge in [0.25, 0.3) is 5.56 Å². The number of hydrogen-bond acceptors (Lipinski definition) is 4. The number of benzene rings is 1. The molecule has 0 aliphatic carbocycles. The minimum atomic E-state index is -0.314. The topological polar surface area (TPSA) is 76.9 Å². The maximum atomic E-state index is 12.1. The number of nitrogens with zero attached hydrogens (tertiary/aromatic N) is 3. The number of carbonyl (C=O) groups is 1. The van der Waals surface area contributed by atoms with Crippen LogP contribution in [0.1, 0.15) is 5.56 Å². The summed E-state index contributed by atoms with van der Waals surface area (Å²) in [7, 11) is 0. The van der Waals surface area contributed by atoms with Crippen molar-refractivity contribution in [3.63, 3.8) is 0 Å². The van der Waals surface area contributed by atoms with E-state index in [1.54, 1.807) is 24.5 Å². The van der Waals surface area contributed by atoms with Crippen LogP contribution >= 0.6 is 0 Å². The zero-order chi connectivity index (χ0) is 17.5. The van der Waals surface area contributed by atoms with Gasteiger partial charge in [-0.05, 0) is 30.2 Å². The molecule has 1 amide bonds. The predicted octanol–water partition coefficient (Wildman–Crippen LogP) is 1.66. The van der Waals surface area contributed by atoms with Crippen LogP contribution in [0.4, 0.5) is 0 Å². The standard InChI is InChI=1S/C19H18N4O2/c24-18(21-12-10-15-5-2-1-3-6-15)14-23-19(25)9-8-17(22-23)16-7-4-11-20-13-16/h1-9,11,13H,10,12,14H2,(H,21,24). The second-order valence-electron chi connectivity index (χ2n) is 5.54. The van der Waals surface area contributed by atoms with Crippen molar-refractivity contribution in [1.29, 1.82) is 0 Å². The number of aromatic nitrogens is 3. The van der Waals surface area contributed by atoms with Gasteiger partial charge in [0.15, 0.2) is 0 Å². The summed E-state index contributed by atoms with van der Waals surface area (Å²) in [6.45, 7) is 0.404. The van der Waals surface area contributed by atoms with Crippen LogP contribution in [0.25, 0.3) is 11.3 Å². The first-order chi connectivity index (χ1) is 12.2. The van der Waals surface area contributed by atoms with Crippen LogP contribution < -0.4 is 10.9 Å². The maximum absolute atomic E-state index is 12.1. The van der Waals surface area contributed by atoms with Gasteiger partial charge in [0, 0.05) is 30.6 Å². The summed E-state index contributed by atoms with van der Waals surface area (Å²) in [5, 5.41) is 7.07. The van der Waals surface area contributed by atoms with Crippen LogP contribution in [0.5, 0.6) is 0 Å². The SMILES string of the molecule is O=C(Cn1nc(-c2cccnc2)ccc1=O)NCCc1ccccc1. The molecule has 0 saturated carbocycles. The monoisotopic (exact) mass is 334 g/mol. The van der Waals surface area contributed by atoms with E-state index in [0.29, 0.717) is 12.2 Å². The van der Waals surface area contributed by atoms with Crippen LogP contribution in [0.2, 0.25) is 0 Å². The van der Waals surface area contributed by atoms with Gasteiger partial charge >= 0.3 is 0 Å². The number of rotatable bonds is 6. The summed E-state index contributed by atoms with van der Waals surface area (Å²) in [6.07, 6.45) is 4.07. The van der Waals surface area contributed by atoms with Crippen molar-refractivity contribution in [2.75, 3.05) is 6.54 Å². The van der Waals surface area contributed by atoms with E-state index in [4.69, 9.17) is 0 Å². The summed E-state index contributed by atoms with van der Waals surface area (Å²) < 4.78 is 1.17. The van der Waals surface area contributed by atoms with Gasteiger partial charge in [0.1, 0.15) is 6.54 Å². The largest absolute Gasteiger partial charge is 0.354 e. The van der Waals surface area contributed by atoms with Crippen molar-refractivity contribution in [1.82, 2.24) is 20.1 Å². The van der Waals surface area contributed by atoms with Crippen LogP contribution in [0, 0.1) is 0 Å². The van der Waals surface area contributed by atoms with E-state index in [9.17, 15) is 9.59 Å². The van der Waals surface area contributed by atoms with E-state index in [1.807, 2.05) is 36.4 Å². The zero-order valence-electron chi connectivity index (χ0n) is 13.6. The molecule has 25 heavy (non-hydrogen) atoms. The predicted molar refractivity (Wildman–Crippen MR) is 94.9 cm³/mol. The maximum Gasteiger partial charge on any atom is 0.267 e. The third-order valence-electron chi connectivity index (χ3n) is 3.70. The van der Waals surface area contributed by atoms with Gasteiger partial charge in [-0.25, -0.2) is 4.68 Å². The number of pyridine rings is 1. The fourth-order valence-electron chi connectivity index (χ4n) is 2.41. The highest BCUT2D eigenvalue weighted by atomic mass is 16.2. The summed E-state index contributed by atoms with van der Waals surface area (Å²) in [5.41, 5.74) is 2.23. The zero-order valence-corrected chi connectivity index (χ0v) is 13.6. The van der Waals surface area contributed by atoms with Crippen molar-refractivity contribution in [3.05, 3.63) is 82.9 Å². The fourth-order valence-corrected chi connectivity index (χ4v) is 2.41. The van der Waals surface area contributed by atoms with Crippen LogP contribution in [-0.4, -0.2) is 27.2 Å². The van der Waals surface area contributed by atoms with Gasteiger partial charge in [-0.1, -0.05) is 30.3 Å². The molecule has 0 unspecified atom stereocenters. The molecule has 3 rings (SSSR count). The van der Waals surface area contributed by atoms with E-state index >= 15 is 0 Å². The first-order valence-corrected chi connectivity index (χ1v) is 8.01. The molecule has 3 aromatic rings. The third kappa shape index (κ3) is 4.60. The second kappa shape index (κ2) is 8.01. The lowest BCUT2D eigenvalue weighted by atomic mass is 10.1. The van der Waals surface area contributed by atoms with Gasteiger partial charge in [-0.3, -0.25) is 14.6 Å². The Bertz CT molecular complexity index is 892. The molecule has 6 nitrogen and oxygen atoms in total. The molecule has 126 valence electrons. The van der Waals surface area contributed by atoms with E-state index in [0.717, 1.165) is 17.5 Å². The highest BCUT2D eigenvalue weighted by Gasteiger charge is 2.08. The van der Waals surface area contributed by atoms with E-state index < -0.39 is 0 Å². The molecule has 0 bridgehead atoms. The summed E-state index contributed by atoms with van der Waals surface area (Å²) >= 11 is 0. The van der Waals surface area contributed by atoms with E-state index in [1.165, 1.54) is 10.7 Å². The van der Waals surface area contributed by atoms with Crippen molar-refractivity contribution in [2.24, 2.45) is 0 Å². The molecule has 1 N–H and O–H groups in total. The second-order valence-corrected chi connectivity index (χ2v) is 5.54. The molecule has 0 aliphatic rings. The van der Waals surface area contributed by atoms with Crippen molar-refractivity contribution in [2.45, 2.75) is 13.0 Å². The first-order valence-electron chi connectivity index (χ1n) is 8.01. The number of carbonyl (C=O) groups excluding carboxylic acids is 1. The quantitative estimate of drug-likeness (QED) is 0.744. The van der Waals surface area contributed by atoms with E-state index in [2.05, 4.69) is 15.4 Å². The number of amides is 1. The fraction of sp³-hybridized carbons (Fsp3) is 0.158. The highest BCUT2D eigenvalue weighted by molar-refractivity contribution is 5.75. The first kappa shape index (κ1) is 16.6. The Hall–Kier alpha value is -3.28. The average Bonchev–Trinajstić information content (AvgIpc) is 2.65. The average molecular weight is 334 g/mol. The Balaban J connectivity index is 1.62. The molecule has 0 spiro atoms. The van der Waals surface area contributed by atoms with Crippen LogP contribution in [0.15, 0.2) is 71.8 Å². The van der Waals surface area contributed by atoms with Crippen molar-refractivity contribution in [3.8, 4) is 11.3 Å². The number of nitrogens with one attached hydrogen (secondary N) is 1. The molecular weight excluding hydrogens is 316 g/mol. The van der Waals surface area contributed by atoms with Crippen molar-refractivity contribution < 1.29 is 4.79 Å². The minimum Gasteiger partial charge on any atom is -0.354 e. The van der Waals surface area contributed by atoms with Gasteiger partial charge in [0.2, 0.25) is 5.91 Å². The summed E-state index contributed by atoms with van der Waals surface area (Å²) in [6, 6.07) is 16.6. The normalized spacial score (nSPS) is 10.4. The molecule has 0 saturated heterocycles. The van der Waals surface area contributed by atoms with Crippen molar-refractivity contribution >= 4 is 5.91 Å². The van der Waals surface area contributed by atoms with Gasteiger partial charge < -0.3 is 5.32 Å². The highest BCUT2D eigenvalue weighted by Crippen LogP contribution is 2.12. The molecule has 0 fully saturated rings. The Kier molecular flexibility index (Phi) is 5.31. The van der Waals surface area contributed by atoms with Crippen LogP contribution in [0.3, 0.4) is 0 Å². The molecule has 0 radical (unpaired) electrons. The van der Waals surface area contributed by atoms with Crippen LogP contribution in [-0.2, 0) is 17.8 Å². The van der Waals surface area contributed by atoms with Gasteiger partial charge in [-0.2, -0.15) is 5.10 Å². The smallest absolute Gasteiger partial charge is 0.267 e. The molecule has 0 aliphatic heterocycles. The third-order valence-corrected chi connectivity index (χ3v) is 3.70. The Morgan fingerprint density at radius 1 is 1.04 bits per heavy atom. The summed E-state index contributed by atoms with van der Waals surface area (Å²) in [4.78, 5) is 28.1. The molecule has 2 heterocycles. The lowest BCUT2D eigenvalue weighted by Gasteiger charge is -2.08. The molecule has 0 atom stereocenters. The van der Waals surface area contributed by atoms with Gasteiger partial charge in [0.05, 0.1) is 5.69 Å². The molecule has 1 aromatic carbocycles. The lowest BCUT2D eigenvalue weighted by molar-refractivity contribution is -0.121.